The molecule has 6 heteroatoms. The van der Waals surface area contributed by atoms with Crippen LogP contribution in [0.3, 0.4) is 0 Å². The summed E-state index contributed by atoms with van der Waals surface area (Å²) >= 11 is 0. The maximum absolute atomic E-state index is 12.0. The predicted octanol–water partition coefficient (Wildman–Crippen LogP) is 3.66. The van der Waals surface area contributed by atoms with E-state index in [2.05, 4.69) is 22.8 Å². The Balaban J connectivity index is 1.56. The van der Waals surface area contributed by atoms with Crippen molar-refractivity contribution < 1.29 is 9.53 Å². The second-order valence-corrected chi connectivity index (χ2v) is 6.45. The molecule has 3 aromatic rings. The number of hydrazone groups is 1. The highest BCUT2D eigenvalue weighted by Crippen LogP contribution is 2.16. The molecule has 0 atom stereocenters. The average molecular weight is 376 g/mol. The zero-order chi connectivity index (χ0) is 19.9. The lowest BCUT2D eigenvalue weighted by molar-refractivity contribution is -0.119. The molecule has 0 aliphatic carbocycles. The van der Waals surface area contributed by atoms with Crippen molar-refractivity contribution in [3.8, 4) is 11.4 Å². The number of anilines is 1. The number of rotatable bonds is 7. The first-order valence-corrected chi connectivity index (χ1v) is 9.01. The van der Waals surface area contributed by atoms with Crippen LogP contribution in [0.15, 0.2) is 65.9 Å². The molecular formula is C22H24N4O2. The first-order chi connectivity index (χ1) is 13.6. The van der Waals surface area contributed by atoms with E-state index in [0.29, 0.717) is 0 Å². The summed E-state index contributed by atoms with van der Waals surface area (Å²) in [7, 11) is 1.64. The molecule has 144 valence electrons. The van der Waals surface area contributed by atoms with Gasteiger partial charge in [-0.1, -0.05) is 6.07 Å². The standard InChI is InChI=1S/C22H24N4O2/c1-16-6-7-18(13-17(16)2)23-15-22(27)25-24-14-20-5-4-12-26(20)19-8-10-21(28-3)11-9-19/h4-14,23H,15H2,1-3H3,(H,25,27)/b24-14-. The minimum atomic E-state index is -0.211. The zero-order valence-corrected chi connectivity index (χ0v) is 16.3. The predicted molar refractivity (Wildman–Crippen MR) is 112 cm³/mol. The van der Waals surface area contributed by atoms with Gasteiger partial charge in [-0.05, 0) is 73.5 Å². The molecule has 0 aliphatic rings. The summed E-state index contributed by atoms with van der Waals surface area (Å²) in [5, 5.41) is 7.17. The van der Waals surface area contributed by atoms with Crippen LogP contribution < -0.4 is 15.5 Å². The van der Waals surface area contributed by atoms with Crippen molar-refractivity contribution in [2.75, 3.05) is 19.0 Å². The molecule has 0 bridgehead atoms. The van der Waals surface area contributed by atoms with Crippen LogP contribution in [0, 0.1) is 13.8 Å². The lowest BCUT2D eigenvalue weighted by Crippen LogP contribution is -2.26. The van der Waals surface area contributed by atoms with E-state index in [0.717, 1.165) is 22.8 Å². The summed E-state index contributed by atoms with van der Waals surface area (Å²) in [6.07, 6.45) is 3.56. The molecule has 0 radical (unpaired) electrons. The second kappa shape index (κ2) is 8.90. The Kier molecular flexibility index (Phi) is 6.11. The quantitative estimate of drug-likeness (QED) is 0.488. The SMILES string of the molecule is COc1ccc(-n2cccc2/C=N\NC(=O)CNc2ccc(C)c(C)c2)cc1. The summed E-state index contributed by atoms with van der Waals surface area (Å²) in [5.74, 6) is 0.590. The molecule has 3 rings (SSSR count). The highest BCUT2D eigenvalue weighted by Gasteiger charge is 2.03. The van der Waals surface area contributed by atoms with Crippen LogP contribution in [0.1, 0.15) is 16.8 Å². The third-order valence-electron chi connectivity index (χ3n) is 4.48. The molecule has 28 heavy (non-hydrogen) atoms. The number of carbonyl (C=O) groups excluding carboxylic acids is 1. The molecule has 0 unspecified atom stereocenters. The number of ether oxygens (including phenoxy) is 1. The molecule has 0 saturated heterocycles. The van der Waals surface area contributed by atoms with E-state index < -0.39 is 0 Å². The van der Waals surface area contributed by atoms with Crippen LogP contribution in [-0.2, 0) is 4.79 Å². The fourth-order valence-corrected chi connectivity index (χ4v) is 2.72. The Morgan fingerprint density at radius 2 is 1.89 bits per heavy atom. The average Bonchev–Trinajstić information content (AvgIpc) is 3.17. The van der Waals surface area contributed by atoms with Gasteiger partial charge in [-0.25, -0.2) is 5.43 Å². The zero-order valence-electron chi connectivity index (χ0n) is 16.3. The van der Waals surface area contributed by atoms with Crippen LogP contribution in [0.4, 0.5) is 5.69 Å². The topological polar surface area (TPSA) is 67.6 Å². The number of aromatic nitrogens is 1. The number of aryl methyl sites for hydroxylation is 2. The summed E-state index contributed by atoms with van der Waals surface area (Å²) in [6, 6.07) is 17.6. The van der Waals surface area contributed by atoms with E-state index in [4.69, 9.17) is 4.74 Å². The normalized spacial score (nSPS) is 10.8. The van der Waals surface area contributed by atoms with Gasteiger partial charge in [-0.15, -0.1) is 0 Å². The minimum absolute atomic E-state index is 0.152. The van der Waals surface area contributed by atoms with Crippen LogP contribution in [0.25, 0.3) is 5.69 Å². The summed E-state index contributed by atoms with van der Waals surface area (Å²) < 4.78 is 7.16. The summed E-state index contributed by atoms with van der Waals surface area (Å²) in [4.78, 5) is 12.0. The van der Waals surface area contributed by atoms with Crippen LogP contribution in [-0.4, -0.2) is 30.3 Å². The van der Waals surface area contributed by atoms with Gasteiger partial charge in [0, 0.05) is 17.6 Å². The molecule has 1 amide bonds. The van der Waals surface area contributed by atoms with Gasteiger partial charge in [0.1, 0.15) is 5.75 Å². The molecule has 0 spiro atoms. The van der Waals surface area contributed by atoms with Crippen molar-refractivity contribution >= 4 is 17.8 Å². The molecule has 0 saturated carbocycles. The van der Waals surface area contributed by atoms with Crippen LogP contribution in [0.2, 0.25) is 0 Å². The molecule has 2 N–H and O–H groups in total. The number of benzene rings is 2. The Morgan fingerprint density at radius 1 is 1.11 bits per heavy atom. The fraction of sp³-hybridized carbons (Fsp3) is 0.182. The van der Waals surface area contributed by atoms with E-state index in [9.17, 15) is 4.79 Å². The molecule has 0 aliphatic heterocycles. The molecule has 0 fully saturated rings. The lowest BCUT2D eigenvalue weighted by Gasteiger charge is -2.08. The smallest absolute Gasteiger partial charge is 0.259 e. The maximum atomic E-state index is 12.0. The number of nitrogens with zero attached hydrogens (tertiary/aromatic N) is 2. The third kappa shape index (κ3) is 4.79. The van der Waals surface area contributed by atoms with Gasteiger partial charge in [-0.2, -0.15) is 5.10 Å². The number of amides is 1. The van der Waals surface area contributed by atoms with Crippen molar-refractivity contribution in [2.45, 2.75) is 13.8 Å². The lowest BCUT2D eigenvalue weighted by atomic mass is 10.1. The van der Waals surface area contributed by atoms with Crippen molar-refractivity contribution in [3.05, 3.63) is 77.6 Å². The number of carbonyl (C=O) groups is 1. The first-order valence-electron chi connectivity index (χ1n) is 9.01. The Morgan fingerprint density at radius 3 is 2.61 bits per heavy atom. The molecule has 1 heterocycles. The minimum Gasteiger partial charge on any atom is -0.497 e. The van der Waals surface area contributed by atoms with E-state index in [1.54, 1.807) is 13.3 Å². The van der Waals surface area contributed by atoms with Gasteiger partial charge in [0.15, 0.2) is 0 Å². The second-order valence-electron chi connectivity index (χ2n) is 6.45. The van der Waals surface area contributed by atoms with Gasteiger partial charge in [0.2, 0.25) is 0 Å². The maximum Gasteiger partial charge on any atom is 0.259 e. The molecule has 1 aromatic heterocycles. The monoisotopic (exact) mass is 376 g/mol. The van der Waals surface area contributed by atoms with E-state index in [1.807, 2.05) is 72.3 Å². The molecular weight excluding hydrogens is 352 g/mol. The van der Waals surface area contributed by atoms with Gasteiger partial charge in [0.05, 0.1) is 25.6 Å². The summed E-state index contributed by atoms with van der Waals surface area (Å²) in [6.45, 7) is 4.25. The van der Waals surface area contributed by atoms with Crippen molar-refractivity contribution in [3.63, 3.8) is 0 Å². The van der Waals surface area contributed by atoms with Gasteiger partial charge >= 0.3 is 0 Å². The Hall–Kier alpha value is -3.54. The van der Waals surface area contributed by atoms with E-state index in [-0.39, 0.29) is 12.5 Å². The Bertz CT molecular complexity index is 974. The number of hydrogen-bond acceptors (Lipinski definition) is 4. The highest BCUT2D eigenvalue weighted by molar-refractivity contribution is 5.84. The van der Waals surface area contributed by atoms with Crippen LogP contribution >= 0.6 is 0 Å². The van der Waals surface area contributed by atoms with E-state index >= 15 is 0 Å². The number of hydrogen-bond donors (Lipinski definition) is 2. The third-order valence-corrected chi connectivity index (χ3v) is 4.48. The van der Waals surface area contributed by atoms with Gasteiger partial charge in [-0.3, -0.25) is 4.79 Å². The van der Waals surface area contributed by atoms with Crippen LogP contribution in [0.5, 0.6) is 5.75 Å². The van der Waals surface area contributed by atoms with Gasteiger partial charge in [0.25, 0.3) is 5.91 Å². The number of nitrogens with one attached hydrogen (secondary N) is 2. The Labute approximate surface area is 164 Å². The molecule has 2 aromatic carbocycles. The summed E-state index contributed by atoms with van der Waals surface area (Å²) in [5.41, 5.74) is 7.70. The molecule has 6 nitrogen and oxygen atoms in total. The highest BCUT2D eigenvalue weighted by atomic mass is 16.5. The van der Waals surface area contributed by atoms with Crippen molar-refractivity contribution in [2.24, 2.45) is 5.10 Å². The largest absolute Gasteiger partial charge is 0.497 e. The fourth-order valence-electron chi connectivity index (χ4n) is 2.72. The number of methoxy groups -OCH3 is 1. The van der Waals surface area contributed by atoms with Crippen molar-refractivity contribution in [1.29, 1.82) is 0 Å². The van der Waals surface area contributed by atoms with Crippen molar-refractivity contribution in [1.82, 2.24) is 9.99 Å². The van der Waals surface area contributed by atoms with E-state index in [1.165, 1.54) is 11.1 Å². The first kappa shape index (κ1) is 19.2. The van der Waals surface area contributed by atoms with Gasteiger partial charge < -0.3 is 14.6 Å².